The number of nitrogens with one attached hydrogen (secondary N) is 1. The maximum atomic E-state index is 12.0. The van der Waals surface area contributed by atoms with Gasteiger partial charge in [0.15, 0.2) is 6.61 Å². The summed E-state index contributed by atoms with van der Waals surface area (Å²) in [6.07, 6.45) is 1.79. The van der Waals surface area contributed by atoms with Crippen LogP contribution in [0.1, 0.15) is 29.2 Å². The van der Waals surface area contributed by atoms with Gasteiger partial charge >= 0.3 is 5.97 Å². The van der Waals surface area contributed by atoms with Crippen molar-refractivity contribution in [2.24, 2.45) is 5.10 Å². The molecule has 0 aromatic heterocycles. The van der Waals surface area contributed by atoms with E-state index in [1.807, 2.05) is 38.1 Å². The molecule has 27 heavy (non-hydrogen) atoms. The largest absolute Gasteiger partial charge is 0.482 e. The third-order valence-electron chi connectivity index (χ3n) is 3.77. The zero-order valence-electron chi connectivity index (χ0n) is 15.8. The molecule has 0 saturated carbocycles. The second-order valence-corrected chi connectivity index (χ2v) is 6.07. The number of hydrogen-bond donors (Lipinski definition) is 1. The van der Waals surface area contributed by atoms with Gasteiger partial charge in [-0.3, -0.25) is 4.79 Å². The molecule has 2 rings (SSSR count). The molecule has 0 radical (unpaired) electrons. The summed E-state index contributed by atoms with van der Waals surface area (Å²) >= 11 is 0. The van der Waals surface area contributed by atoms with Crippen LogP contribution >= 0.6 is 0 Å². The molecular weight excluding hydrogens is 344 g/mol. The van der Waals surface area contributed by atoms with E-state index in [-0.39, 0.29) is 18.9 Å². The summed E-state index contributed by atoms with van der Waals surface area (Å²) in [5.41, 5.74) is 6.49. The van der Waals surface area contributed by atoms with Crippen LogP contribution in [-0.2, 0) is 20.7 Å². The predicted octanol–water partition coefficient (Wildman–Crippen LogP) is 2.94. The highest BCUT2D eigenvalue weighted by atomic mass is 16.6. The number of amides is 1. The van der Waals surface area contributed by atoms with Crippen LogP contribution in [0.4, 0.5) is 0 Å². The molecule has 0 atom stereocenters. The summed E-state index contributed by atoms with van der Waals surface area (Å²) in [5.74, 6) is -0.0863. The topological polar surface area (TPSA) is 77.0 Å². The maximum absolute atomic E-state index is 12.0. The van der Waals surface area contributed by atoms with E-state index in [0.717, 1.165) is 16.7 Å². The zero-order valence-corrected chi connectivity index (χ0v) is 15.8. The minimum Gasteiger partial charge on any atom is -0.482 e. The van der Waals surface area contributed by atoms with E-state index in [1.165, 1.54) is 11.8 Å². The Morgan fingerprint density at radius 1 is 1.15 bits per heavy atom. The summed E-state index contributed by atoms with van der Waals surface area (Å²) in [4.78, 5) is 23.4. The number of rotatable bonds is 8. The fraction of sp³-hybridized carbons (Fsp3) is 0.286. The van der Waals surface area contributed by atoms with Crippen LogP contribution in [0.5, 0.6) is 5.75 Å². The second kappa shape index (κ2) is 10.1. The van der Waals surface area contributed by atoms with Gasteiger partial charge < -0.3 is 9.47 Å². The number of aryl methyl sites for hydroxylation is 2. The highest BCUT2D eigenvalue weighted by Gasteiger charge is 2.06. The minimum absolute atomic E-state index is 0.152. The Labute approximate surface area is 159 Å². The average molecular weight is 368 g/mol. The first-order valence-corrected chi connectivity index (χ1v) is 8.74. The summed E-state index contributed by atoms with van der Waals surface area (Å²) in [6, 6.07) is 13.0. The first-order chi connectivity index (χ1) is 13.0. The van der Waals surface area contributed by atoms with E-state index in [0.29, 0.717) is 12.4 Å². The molecule has 0 bridgehead atoms. The molecule has 0 fully saturated rings. The van der Waals surface area contributed by atoms with E-state index < -0.39 is 5.97 Å². The van der Waals surface area contributed by atoms with Crippen molar-refractivity contribution >= 4 is 18.1 Å². The monoisotopic (exact) mass is 368 g/mol. The van der Waals surface area contributed by atoms with Crippen LogP contribution < -0.4 is 10.2 Å². The predicted molar refractivity (Wildman–Crippen MR) is 104 cm³/mol. The van der Waals surface area contributed by atoms with Crippen molar-refractivity contribution in [3.05, 3.63) is 64.7 Å². The summed E-state index contributed by atoms with van der Waals surface area (Å²) in [7, 11) is 0. The smallest absolute Gasteiger partial charge is 0.344 e. The fourth-order valence-corrected chi connectivity index (χ4v) is 2.47. The molecule has 6 nitrogen and oxygen atoms in total. The molecule has 0 heterocycles. The van der Waals surface area contributed by atoms with Gasteiger partial charge in [-0.25, -0.2) is 10.2 Å². The van der Waals surface area contributed by atoms with Gasteiger partial charge in [-0.2, -0.15) is 5.10 Å². The van der Waals surface area contributed by atoms with E-state index in [1.54, 1.807) is 25.1 Å². The summed E-state index contributed by atoms with van der Waals surface area (Å²) in [6.45, 7) is 5.91. The van der Waals surface area contributed by atoms with Gasteiger partial charge in [0.2, 0.25) is 5.91 Å². The fourth-order valence-electron chi connectivity index (χ4n) is 2.47. The Balaban J connectivity index is 1.87. The van der Waals surface area contributed by atoms with Crippen molar-refractivity contribution in [3.8, 4) is 5.75 Å². The van der Waals surface area contributed by atoms with Crippen molar-refractivity contribution in [2.75, 3.05) is 13.2 Å². The first kappa shape index (κ1) is 20.2. The normalized spacial score (nSPS) is 10.6. The molecule has 1 amide bonds. The van der Waals surface area contributed by atoms with Gasteiger partial charge in [-0.15, -0.1) is 0 Å². The van der Waals surface area contributed by atoms with Gasteiger partial charge in [0.05, 0.1) is 19.2 Å². The van der Waals surface area contributed by atoms with Crippen LogP contribution in [0, 0.1) is 13.8 Å². The van der Waals surface area contributed by atoms with Gasteiger partial charge in [0.25, 0.3) is 0 Å². The van der Waals surface area contributed by atoms with E-state index >= 15 is 0 Å². The van der Waals surface area contributed by atoms with Crippen LogP contribution in [-0.4, -0.2) is 31.3 Å². The number of esters is 1. The lowest BCUT2D eigenvalue weighted by Crippen LogP contribution is -2.20. The third-order valence-corrected chi connectivity index (χ3v) is 3.77. The van der Waals surface area contributed by atoms with Crippen LogP contribution in [0.3, 0.4) is 0 Å². The number of carbonyl (C=O) groups excluding carboxylic acids is 2. The van der Waals surface area contributed by atoms with Gasteiger partial charge in [-0.05, 0) is 49.6 Å². The minimum atomic E-state index is -0.421. The number of benzene rings is 2. The van der Waals surface area contributed by atoms with Crippen molar-refractivity contribution in [2.45, 2.75) is 27.2 Å². The molecule has 1 N–H and O–H groups in total. The van der Waals surface area contributed by atoms with Crippen LogP contribution in [0.2, 0.25) is 0 Å². The van der Waals surface area contributed by atoms with Crippen molar-refractivity contribution in [3.63, 3.8) is 0 Å². The Bertz CT molecular complexity index is 831. The molecular formula is C21H24N2O4. The molecule has 0 aliphatic carbocycles. The van der Waals surface area contributed by atoms with Gasteiger partial charge in [0.1, 0.15) is 5.75 Å². The number of hydrogen-bond acceptors (Lipinski definition) is 5. The van der Waals surface area contributed by atoms with Crippen molar-refractivity contribution in [1.29, 1.82) is 0 Å². The van der Waals surface area contributed by atoms with E-state index in [9.17, 15) is 9.59 Å². The van der Waals surface area contributed by atoms with Crippen molar-refractivity contribution in [1.82, 2.24) is 5.43 Å². The Kier molecular flexibility index (Phi) is 7.55. The Morgan fingerprint density at radius 2 is 1.96 bits per heavy atom. The van der Waals surface area contributed by atoms with Gasteiger partial charge in [-0.1, -0.05) is 35.9 Å². The summed E-state index contributed by atoms with van der Waals surface area (Å²) in [5, 5.41) is 3.98. The molecule has 0 saturated heterocycles. The zero-order chi connectivity index (χ0) is 19.6. The third kappa shape index (κ3) is 6.93. The molecule has 0 spiro atoms. The Hall–Kier alpha value is -3.15. The molecule has 0 aliphatic rings. The molecule has 142 valence electrons. The molecule has 2 aromatic carbocycles. The lowest BCUT2D eigenvalue weighted by Gasteiger charge is -2.06. The maximum Gasteiger partial charge on any atom is 0.344 e. The van der Waals surface area contributed by atoms with Crippen LogP contribution in [0.15, 0.2) is 47.6 Å². The number of nitrogens with zero attached hydrogens (tertiary/aromatic N) is 1. The van der Waals surface area contributed by atoms with Gasteiger partial charge in [0, 0.05) is 0 Å². The van der Waals surface area contributed by atoms with E-state index in [2.05, 4.69) is 10.5 Å². The number of carbonyl (C=O) groups is 2. The first-order valence-electron chi connectivity index (χ1n) is 8.74. The number of ether oxygens (including phenoxy) is 2. The molecule has 6 heteroatoms. The molecule has 0 aliphatic heterocycles. The lowest BCUT2D eigenvalue weighted by molar-refractivity contribution is -0.145. The average Bonchev–Trinajstić information content (AvgIpc) is 2.63. The Morgan fingerprint density at radius 3 is 2.70 bits per heavy atom. The lowest BCUT2D eigenvalue weighted by atomic mass is 10.0. The summed E-state index contributed by atoms with van der Waals surface area (Å²) < 4.78 is 10.2. The molecule has 2 aromatic rings. The number of hydrazone groups is 1. The standard InChI is InChI=1S/C21H24N2O4/c1-4-26-21(25)14-27-19-7-5-6-17(11-19)13-22-23-20(24)12-18-9-8-15(2)10-16(18)3/h5-11,13H,4,12,14H2,1-3H3,(H,23,24)/b22-13-. The van der Waals surface area contributed by atoms with Crippen LogP contribution in [0.25, 0.3) is 0 Å². The molecule has 0 unspecified atom stereocenters. The SMILES string of the molecule is CCOC(=O)COc1cccc(/C=N\NC(=O)Cc2ccc(C)cc2C)c1. The highest BCUT2D eigenvalue weighted by molar-refractivity contribution is 5.83. The quantitative estimate of drug-likeness (QED) is 0.441. The highest BCUT2D eigenvalue weighted by Crippen LogP contribution is 2.12. The van der Waals surface area contributed by atoms with E-state index in [4.69, 9.17) is 9.47 Å². The van der Waals surface area contributed by atoms with Crippen molar-refractivity contribution < 1.29 is 19.1 Å². The second-order valence-electron chi connectivity index (χ2n) is 6.07.